The van der Waals surface area contributed by atoms with Crippen molar-refractivity contribution in [1.29, 1.82) is 0 Å². The van der Waals surface area contributed by atoms with Gasteiger partial charge < -0.3 is 10.4 Å². The molecule has 0 spiro atoms. The first-order chi connectivity index (χ1) is 18.5. The van der Waals surface area contributed by atoms with Crippen molar-refractivity contribution in [3.63, 3.8) is 0 Å². The normalized spacial score (nSPS) is 12.1. The number of carbonyl (C=O) groups is 2. The number of carbonyl (C=O) groups excluding carboxylic acids is 1. The molecule has 0 fully saturated rings. The summed E-state index contributed by atoms with van der Waals surface area (Å²) in [4.78, 5) is 28.5. The van der Waals surface area contributed by atoms with Crippen molar-refractivity contribution in [2.75, 3.05) is 5.32 Å². The summed E-state index contributed by atoms with van der Waals surface area (Å²) in [6.45, 7) is 5.27. The first-order valence-corrected chi connectivity index (χ1v) is 13.8. The molecule has 0 aliphatic carbocycles. The SMILES string of the molecule is Cc1cc(C)c(S(=O)(=O)N[C@@H](Cc2ccc(-c3cccc(NC(=O)c4cccnc4)c3)cc2)C(=O)O)c(C)c1. The molecule has 0 aliphatic rings. The van der Waals surface area contributed by atoms with Crippen LogP contribution in [0.4, 0.5) is 5.69 Å². The first-order valence-electron chi connectivity index (χ1n) is 12.3. The van der Waals surface area contributed by atoms with E-state index in [9.17, 15) is 23.1 Å². The number of aliphatic carboxylic acids is 1. The molecule has 3 N–H and O–H groups in total. The fourth-order valence-corrected chi connectivity index (χ4v) is 6.20. The van der Waals surface area contributed by atoms with Gasteiger partial charge in [0.1, 0.15) is 6.04 Å². The van der Waals surface area contributed by atoms with Crippen LogP contribution in [-0.4, -0.2) is 36.4 Å². The van der Waals surface area contributed by atoms with Crippen molar-refractivity contribution in [3.8, 4) is 11.1 Å². The minimum absolute atomic E-state index is 0.0278. The minimum atomic E-state index is -4.06. The number of aryl methyl sites for hydroxylation is 3. The van der Waals surface area contributed by atoms with Gasteiger partial charge in [0.25, 0.3) is 5.91 Å². The number of carboxylic acid groups (broad SMARTS) is 1. The Balaban J connectivity index is 1.49. The summed E-state index contributed by atoms with van der Waals surface area (Å²) in [5, 5.41) is 12.6. The molecule has 8 nitrogen and oxygen atoms in total. The van der Waals surface area contributed by atoms with Crippen molar-refractivity contribution in [3.05, 3.63) is 113 Å². The standard InChI is InChI=1S/C30H29N3O5S/c1-19-14-20(2)28(21(3)15-19)39(37,38)33-27(30(35)36)16-22-9-11-23(12-10-22)24-6-4-8-26(17-24)32-29(34)25-7-5-13-31-18-25/h4-15,17-18,27,33H,16H2,1-3H3,(H,32,34)(H,35,36)/t27-/m0/s1. The summed E-state index contributed by atoms with van der Waals surface area (Å²) in [6.07, 6.45) is 3.06. The number of hydrogen-bond acceptors (Lipinski definition) is 5. The zero-order valence-corrected chi connectivity index (χ0v) is 22.6. The molecular formula is C30H29N3O5S. The third-order valence-corrected chi connectivity index (χ3v) is 8.02. The van der Waals surface area contributed by atoms with Crippen LogP contribution in [-0.2, 0) is 21.2 Å². The third-order valence-electron chi connectivity index (χ3n) is 6.24. The van der Waals surface area contributed by atoms with Crippen LogP contribution < -0.4 is 10.0 Å². The number of anilines is 1. The van der Waals surface area contributed by atoms with E-state index in [1.165, 1.54) is 6.20 Å². The average Bonchev–Trinajstić information content (AvgIpc) is 2.88. The van der Waals surface area contributed by atoms with Gasteiger partial charge in [0.15, 0.2) is 0 Å². The molecule has 1 aromatic heterocycles. The fraction of sp³-hybridized carbons (Fsp3) is 0.167. The number of nitrogens with zero attached hydrogens (tertiary/aromatic N) is 1. The first kappa shape index (κ1) is 27.7. The highest BCUT2D eigenvalue weighted by Crippen LogP contribution is 2.25. The van der Waals surface area contributed by atoms with Crippen molar-refractivity contribution in [2.45, 2.75) is 38.1 Å². The summed E-state index contributed by atoms with van der Waals surface area (Å²) in [5.41, 5.74) is 5.49. The van der Waals surface area contributed by atoms with E-state index >= 15 is 0 Å². The van der Waals surface area contributed by atoms with E-state index in [0.717, 1.165) is 16.7 Å². The number of rotatable bonds is 9. The van der Waals surface area contributed by atoms with Gasteiger partial charge in [-0.15, -0.1) is 0 Å². The fourth-order valence-electron chi connectivity index (χ4n) is 4.56. The lowest BCUT2D eigenvalue weighted by Crippen LogP contribution is -2.42. The topological polar surface area (TPSA) is 125 Å². The second-order valence-corrected chi connectivity index (χ2v) is 11.1. The van der Waals surface area contributed by atoms with E-state index in [1.807, 2.05) is 37.3 Å². The second kappa shape index (κ2) is 11.6. The quantitative estimate of drug-likeness (QED) is 0.276. The number of sulfonamides is 1. The van der Waals surface area contributed by atoms with Gasteiger partial charge in [0, 0.05) is 18.1 Å². The van der Waals surface area contributed by atoms with E-state index in [2.05, 4.69) is 15.0 Å². The Morgan fingerprint density at radius 3 is 2.21 bits per heavy atom. The van der Waals surface area contributed by atoms with Crippen LogP contribution in [0.25, 0.3) is 11.1 Å². The molecule has 4 rings (SSSR count). The maximum atomic E-state index is 13.1. The third kappa shape index (κ3) is 6.76. The van der Waals surface area contributed by atoms with E-state index in [0.29, 0.717) is 27.9 Å². The van der Waals surface area contributed by atoms with E-state index in [4.69, 9.17) is 0 Å². The Hall–Kier alpha value is -4.34. The van der Waals surface area contributed by atoms with Gasteiger partial charge in [-0.25, -0.2) is 8.42 Å². The van der Waals surface area contributed by atoms with Crippen LogP contribution in [0.1, 0.15) is 32.6 Å². The number of benzene rings is 3. The Morgan fingerprint density at radius 1 is 0.897 bits per heavy atom. The van der Waals surface area contributed by atoms with Crippen LogP contribution in [0.2, 0.25) is 0 Å². The van der Waals surface area contributed by atoms with Crippen LogP contribution in [0.3, 0.4) is 0 Å². The molecule has 0 radical (unpaired) electrons. The lowest BCUT2D eigenvalue weighted by Gasteiger charge is -2.18. The highest BCUT2D eigenvalue weighted by atomic mass is 32.2. The molecule has 3 aromatic carbocycles. The van der Waals surface area contributed by atoms with Gasteiger partial charge in [0.05, 0.1) is 10.5 Å². The Labute approximate surface area is 227 Å². The molecule has 0 saturated heterocycles. The van der Waals surface area contributed by atoms with Gasteiger partial charge in [-0.1, -0.05) is 54.1 Å². The predicted octanol–water partition coefficient (Wildman–Crippen LogP) is 4.90. The molecule has 0 aliphatic heterocycles. The van der Waals surface area contributed by atoms with Gasteiger partial charge >= 0.3 is 5.97 Å². The molecule has 0 bridgehead atoms. The van der Waals surface area contributed by atoms with E-state index in [-0.39, 0.29) is 17.2 Å². The molecule has 4 aromatic rings. The van der Waals surface area contributed by atoms with Crippen molar-refractivity contribution < 1.29 is 23.1 Å². The van der Waals surface area contributed by atoms with E-state index < -0.39 is 22.0 Å². The van der Waals surface area contributed by atoms with Crippen molar-refractivity contribution in [1.82, 2.24) is 9.71 Å². The van der Waals surface area contributed by atoms with E-state index in [1.54, 1.807) is 62.5 Å². The number of hydrogen-bond donors (Lipinski definition) is 3. The van der Waals surface area contributed by atoms with Gasteiger partial charge in [-0.3, -0.25) is 14.6 Å². The smallest absolute Gasteiger partial charge is 0.322 e. The number of amides is 1. The molecule has 39 heavy (non-hydrogen) atoms. The average molecular weight is 544 g/mol. The highest BCUT2D eigenvalue weighted by Gasteiger charge is 2.28. The Morgan fingerprint density at radius 2 is 1.59 bits per heavy atom. The maximum absolute atomic E-state index is 13.1. The summed E-state index contributed by atoms with van der Waals surface area (Å²) >= 11 is 0. The van der Waals surface area contributed by atoms with Crippen LogP contribution in [0.15, 0.2) is 90.1 Å². The zero-order chi connectivity index (χ0) is 28.2. The summed E-state index contributed by atoms with van der Waals surface area (Å²) in [7, 11) is -4.06. The predicted molar refractivity (Wildman–Crippen MR) is 150 cm³/mol. The number of pyridine rings is 1. The Kier molecular flexibility index (Phi) is 8.23. The number of aromatic nitrogens is 1. The largest absolute Gasteiger partial charge is 0.480 e. The lowest BCUT2D eigenvalue weighted by molar-refractivity contribution is -0.138. The highest BCUT2D eigenvalue weighted by molar-refractivity contribution is 7.89. The molecule has 1 amide bonds. The number of carboxylic acids is 1. The van der Waals surface area contributed by atoms with Gasteiger partial charge in [-0.05, 0) is 79.3 Å². The molecule has 200 valence electrons. The summed E-state index contributed by atoms with van der Waals surface area (Å²) in [6, 6.07) is 20.1. The summed E-state index contributed by atoms with van der Waals surface area (Å²) in [5.74, 6) is -1.53. The minimum Gasteiger partial charge on any atom is -0.480 e. The molecule has 1 atom stereocenters. The second-order valence-electron chi connectivity index (χ2n) is 9.42. The van der Waals surface area contributed by atoms with Gasteiger partial charge in [-0.2, -0.15) is 4.72 Å². The number of nitrogens with one attached hydrogen (secondary N) is 2. The van der Waals surface area contributed by atoms with Crippen LogP contribution in [0.5, 0.6) is 0 Å². The lowest BCUT2D eigenvalue weighted by atomic mass is 10.0. The zero-order valence-electron chi connectivity index (χ0n) is 21.8. The van der Waals surface area contributed by atoms with Crippen LogP contribution >= 0.6 is 0 Å². The monoisotopic (exact) mass is 543 g/mol. The Bertz CT molecular complexity index is 1600. The molecule has 0 saturated carbocycles. The molecule has 0 unspecified atom stereocenters. The van der Waals surface area contributed by atoms with Crippen molar-refractivity contribution >= 4 is 27.6 Å². The molecule has 9 heteroatoms. The molecular weight excluding hydrogens is 514 g/mol. The van der Waals surface area contributed by atoms with Crippen LogP contribution in [0, 0.1) is 20.8 Å². The maximum Gasteiger partial charge on any atom is 0.322 e. The van der Waals surface area contributed by atoms with Gasteiger partial charge in [0.2, 0.25) is 10.0 Å². The molecule has 1 heterocycles. The summed E-state index contributed by atoms with van der Waals surface area (Å²) < 4.78 is 28.6. The van der Waals surface area contributed by atoms with Crippen molar-refractivity contribution in [2.24, 2.45) is 0 Å².